The fourth-order valence-corrected chi connectivity index (χ4v) is 0. The molecule has 0 amide bonds. The van der Waals surface area contributed by atoms with Crippen LogP contribution in [0.25, 0.3) is 0 Å². The second-order valence-corrected chi connectivity index (χ2v) is 0.274. The van der Waals surface area contributed by atoms with Crippen LogP contribution in [0.1, 0.15) is 0 Å². The zero-order valence-corrected chi connectivity index (χ0v) is 5.67. The van der Waals surface area contributed by atoms with Gasteiger partial charge in [-0.05, 0) is 0 Å². The van der Waals surface area contributed by atoms with Crippen LogP contribution >= 0.6 is 0 Å². The summed E-state index contributed by atoms with van der Waals surface area (Å²) in [6.07, 6.45) is 0. The molecular formula is CH2NNaOS. The van der Waals surface area contributed by atoms with E-state index in [9.17, 15) is 0 Å². The van der Waals surface area contributed by atoms with Crippen LogP contribution in [0.4, 0.5) is 0 Å². The molecule has 0 aliphatic heterocycles. The fraction of sp³-hybridized carbons (Fsp3) is 0. The van der Waals surface area contributed by atoms with Gasteiger partial charge in [-0.25, -0.2) is 5.26 Å². The minimum absolute atomic E-state index is 0. The predicted octanol–water partition coefficient (Wildman–Crippen LogP) is -3.81. The summed E-state index contributed by atoms with van der Waals surface area (Å²) in [5, 5.41) is 8.47. The maximum atomic E-state index is 7.13. The van der Waals surface area contributed by atoms with Crippen LogP contribution in [0.3, 0.4) is 0 Å². The van der Waals surface area contributed by atoms with E-state index in [0.717, 1.165) is 0 Å². The van der Waals surface area contributed by atoms with Crippen LogP contribution < -0.4 is 29.6 Å². The molecule has 0 saturated carbocycles. The van der Waals surface area contributed by atoms with Crippen molar-refractivity contribution >= 4 is 12.6 Å². The molecule has 0 heterocycles. The van der Waals surface area contributed by atoms with Gasteiger partial charge in [-0.3, -0.25) is 0 Å². The monoisotopic (exact) mass is 99.0 g/mol. The number of rotatable bonds is 0. The molecule has 24 valence electrons. The van der Waals surface area contributed by atoms with Gasteiger partial charge in [0.2, 0.25) is 0 Å². The fourth-order valence-electron chi connectivity index (χ4n) is 0. The molecule has 0 aliphatic rings. The molecule has 0 fully saturated rings. The molecule has 5 heavy (non-hydrogen) atoms. The first kappa shape index (κ1) is 17.3. The topological polar surface area (TPSA) is 55.3 Å². The minimum atomic E-state index is 0. The van der Waals surface area contributed by atoms with E-state index in [2.05, 4.69) is 12.6 Å². The Kier molecular flexibility index (Phi) is 78.2. The van der Waals surface area contributed by atoms with Gasteiger partial charge in [0.15, 0.2) is 0 Å². The van der Waals surface area contributed by atoms with E-state index in [1.54, 1.807) is 0 Å². The molecule has 0 aliphatic carbocycles. The van der Waals surface area contributed by atoms with Crippen LogP contribution in [0.5, 0.6) is 0 Å². The van der Waals surface area contributed by atoms with E-state index in [1.807, 2.05) is 0 Å². The van der Waals surface area contributed by atoms with Crippen LogP contribution in [0.15, 0.2) is 0 Å². The SMILES string of the molecule is N#C[S-].O.[Na+]. The first-order valence-electron chi connectivity index (χ1n) is 0.428. The third-order valence-electron chi connectivity index (χ3n) is 0. The van der Waals surface area contributed by atoms with Crippen molar-refractivity contribution in [3.63, 3.8) is 0 Å². The Hall–Kier alpha value is 0.670. The Morgan fingerprint density at radius 1 is 1.60 bits per heavy atom. The van der Waals surface area contributed by atoms with E-state index in [1.165, 1.54) is 5.40 Å². The molecule has 2 N–H and O–H groups in total. The largest absolute Gasteiger partial charge is 1.00 e. The summed E-state index contributed by atoms with van der Waals surface area (Å²) in [6.45, 7) is 0. The second kappa shape index (κ2) is 22.6. The number of thiocyanates is 1. The van der Waals surface area contributed by atoms with Gasteiger partial charge >= 0.3 is 29.6 Å². The first-order valence-corrected chi connectivity index (χ1v) is 0.836. The average molecular weight is 99.1 g/mol. The van der Waals surface area contributed by atoms with E-state index < -0.39 is 0 Å². The average Bonchev–Trinajstić information content (AvgIpc) is 0.918. The Bertz CT molecular complexity index is 33.1. The number of nitrogens with zero attached hydrogens (tertiary/aromatic N) is 1. The Balaban J connectivity index is -0.0000000200. The van der Waals surface area contributed by atoms with Crippen LogP contribution in [-0.4, -0.2) is 5.48 Å². The summed E-state index contributed by atoms with van der Waals surface area (Å²) >= 11 is 3.70. The molecule has 0 aromatic rings. The summed E-state index contributed by atoms with van der Waals surface area (Å²) < 4.78 is 0. The standard InChI is InChI=1S/CHNS.Na.H2O/c2-1-3;;/h3H;;1H2/q;+1;/p-1. The summed E-state index contributed by atoms with van der Waals surface area (Å²) in [5.74, 6) is 0. The second-order valence-electron chi connectivity index (χ2n) is 0.0913. The third kappa shape index (κ3) is 74.2. The molecule has 0 radical (unpaired) electrons. The van der Waals surface area contributed by atoms with Crippen molar-refractivity contribution in [1.29, 1.82) is 5.26 Å². The molecule has 2 nitrogen and oxygen atoms in total. The number of hydrogen-bond donors (Lipinski definition) is 0. The quantitative estimate of drug-likeness (QED) is 0.178. The molecule has 0 rings (SSSR count). The maximum absolute atomic E-state index is 7.13. The van der Waals surface area contributed by atoms with Crippen molar-refractivity contribution in [3.8, 4) is 5.40 Å². The van der Waals surface area contributed by atoms with Gasteiger partial charge in [0, 0.05) is 0 Å². The Morgan fingerprint density at radius 2 is 1.60 bits per heavy atom. The van der Waals surface area contributed by atoms with E-state index in [-0.39, 0.29) is 35.0 Å². The molecule has 0 bridgehead atoms. The molecule has 0 saturated heterocycles. The minimum Gasteiger partial charge on any atom is -0.696 e. The smallest absolute Gasteiger partial charge is 0.696 e. The molecule has 4 heteroatoms. The van der Waals surface area contributed by atoms with Crippen molar-refractivity contribution in [2.24, 2.45) is 0 Å². The number of nitriles is 1. The Morgan fingerprint density at radius 3 is 1.60 bits per heavy atom. The predicted molar refractivity (Wildman–Crippen MR) is 16.6 cm³/mol. The van der Waals surface area contributed by atoms with Crippen LogP contribution in [-0.2, 0) is 12.6 Å². The first-order chi connectivity index (χ1) is 1.41. The van der Waals surface area contributed by atoms with Crippen LogP contribution in [0.2, 0.25) is 0 Å². The van der Waals surface area contributed by atoms with Crippen molar-refractivity contribution in [2.75, 3.05) is 0 Å². The summed E-state index contributed by atoms with van der Waals surface area (Å²) in [4.78, 5) is 0. The van der Waals surface area contributed by atoms with Gasteiger partial charge in [-0.1, -0.05) is 5.40 Å². The molecule has 0 spiro atoms. The summed E-state index contributed by atoms with van der Waals surface area (Å²) in [7, 11) is 0. The molecule has 0 unspecified atom stereocenters. The third-order valence-corrected chi connectivity index (χ3v) is 0. The summed E-state index contributed by atoms with van der Waals surface area (Å²) in [5.41, 5.74) is 0. The Labute approximate surface area is 58.2 Å². The van der Waals surface area contributed by atoms with Crippen molar-refractivity contribution in [1.82, 2.24) is 0 Å². The zero-order chi connectivity index (χ0) is 2.71. The molecule has 0 aromatic carbocycles. The van der Waals surface area contributed by atoms with Crippen LogP contribution in [0, 0.1) is 10.7 Å². The van der Waals surface area contributed by atoms with Crippen molar-refractivity contribution in [2.45, 2.75) is 0 Å². The van der Waals surface area contributed by atoms with Gasteiger partial charge in [-0.2, -0.15) is 0 Å². The molecular weight excluding hydrogens is 97.1 g/mol. The summed E-state index contributed by atoms with van der Waals surface area (Å²) in [6, 6.07) is 0. The van der Waals surface area contributed by atoms with Gasteiger partial charge in [0.1, 0.15) is 0 Å². The van der Waals surface area contributed by atoms with Gasteiger partial charge in [0.25, 0.3) is 0 Å². The zero-order valence-electron chi connectivity index (χ0n) is 2.86. The van der Waals surface area contributed by atoms with E-state index >= 15 is 0 Å². The van der Waals surface area contributed by atoms with Crippen molar-refractivity contribution < 1.29 is 35.0 Å². The van der Waals surface area contributed by atoms with E-state index in [0.29, 0.717) is 0 Å². The van der Waals surface area contributed by atoms with Crippen molar-refractivity contribution in [3.05, 3.63) is 0 Å². The maximum Gasteiger partial charge on any atom is 1.00 e. The molecule has 0 aromatic heterocycles. The van der Waals surface area contributed by atoms with E-state index in [4.69, 9.17) is 5.26 Å². The van der Waals surface area contributed by atoms with Gasteiger partial charge in [0.05, 0.1) is 0 Å². The van der Waals surface area contributed by atoms with Gasteiger partial charge < -0.3 is 18.1 Å². The normalized spacial score (nSPS) is 1.40. The van der Waals surface area contributed by atoms with Gasteiger partial charge in [-0.15, -0.1) is 0 Å². The number of hydrogen-bond acceptors (Lipinski definition) is 2. The molecule has 0 atom stereocenters.